The molecule has 7 nitrogen and oxygen atoms in total. The van der Waals surface area contributed by atoms with E-state index in [1.54, 1.807) is 10.9 Å². The molecule has 0 saturated carbocycles. The number of rotatable bonds is 5. The first-order valence-electron chi connectivity index (χ1n) is 7.34. The van der Waals surface area contributed by atoms with Crippen LogP contribution >= 0.6 is 0 Å². The van der Waals surface area contributed by atoms with Crippen molar-refractivity contribution < 1.29 is 14.1 Å². The second kappa shape index (κ2) is 6.91. The number of nitro groups is 1. The standard InChI is InChI=1S/C17H13FN4O3/c18-15-7-6-14(8-16(15)22(24)25)20-17(23)13-9-19-21(11-13)10-12-4-2-1-3-5-12/h1-9,11H,10H2,(H,20,23). The van der Waals surface area contributed by atoms with Crippen molar-refractivity contribution in [3.05, 3.63) is 88.0 Å². The van der Waals surface area contributed by atoms with E-state index in [1.165, 1.54) is 12.3 Å². The van der Waals surface area contributed by atoms with Crippen molar-refractivity contribution in [3.8, 4) is 0 Å². The van der Waals surface area contributed by atoms with Gasteiger partial charge < -0.3 is 5.32 Å². The Morgan fingerprint density at radius 1 is 1.24 bits per heavy atom. The number of carbonyl (C=O) groups excluding carboxylic acids is 1. The Balaban J connectivity index is 1.72. The van der Waals surface area contributed by atoms with Gasteiger partial charge in [-0.05, 0) is 17.7 Å². The van der Waals surface area contributed by atoms with Gasteiger partial charge in [0.2, 0.25) is 5.82 Å². The first-order chi connectivity index (χ1) is 12.0. The van der Waals surface area contributed by atoms with Crippen molar-refractivity contribution in [3.63, 3.8) is 0 Å². The van der Waals surface area contributed by atoms with Gasteiger partial charge in [-0.15, -0.1) is 0 Å². The van der Waals surface area contributed by atoms with Crippen LogP contribution in [0, 0.1) is 15.9 Å². The summed E-state index contributed by atoms with van der Waals surface area (Å²) in [5.74, 6) is -1.45. The van der Waals surface area contributed by atoms with Crippen molar-refractivity contribution in [1.29, 1.82) is 0 Å². The molecular formula is C17H13FN4O3. The average Bonchev–Trinajstić information content (AvgIpc) is 3.06. The summed E-state index contributed by atoms with van der Waals surface area (Å²) in [6, 6.07) is 12.8. The minimum absolute atomic E-state index is 0.133. The number of halogens is 1. The van der Waals surface area contributed by atoms with Crippen LogP contribution in [0.4, 0.5) is 15.8 Å². The summed E-state index contributed by atoms with van der Waals surface area (Å²) in [7, 11) is 0. The van der Waals surface area contributed by atoms with E-state index in [2.05, 4.69) is 10.4 Å². The molecule has 25 heavy (non-hydrogen) atoms. The Labute approximate surface area is 141 Å². The molecular weight excluding hydrogens is 327 g/mol. The first kappa shape index (κ1) is 16.3. The SMILES string of the molecule is O=C(Nc1ccc(F)c([N+](=O)[O-])c1)c1cnn(Cc2ccccc2)c1. The van der Waals surface area contributed by atoms with Crippen LogP contribution in [0.3, 0.4) is 0 Å². The zero-order chi connectivity index (χ0) is 17.8. The molecule has 0 unspecified atom stereocenters. The lowest BCUT2D eigenvalue weighted by molar-refractivity contribution is -0.387. The van der Waals surface area contributed by atoms with Gasteiger partial charge in [-0.1, -0.05) is 30.3 Å². The van der Waals surface area contributed by atoms with Crippen LogP contribution in [0.15, 0.2) is 60.9 Å². The third-order valence-electron chi connectivity index (χ3n) is 3.48. The molecule has 0 atom stereocenters. The Hall–Kier alpha value is -3.55. The highest BCUT2D eigenvalue weighted by Gasteiger charge is 2.16. The van der Waals surface area contributed by atoms with Crippen LogP contribution in [0.25, 0.3) is 0 Å². The van der Waals surface area contributed by atoms with Gasteiger partial charge in [0.25, 0.3) is 5.91 Å². The number of carbonyl (C=O) groups is 1. The van der Waals surface area contributed by atoms with Crippen LogP contribution in [-0.4, -0.2) is 20.6 Å². The number of anilines is 1. The van der Waals surface area contributed by atoms with Crippen molar-refractivity contribution in [1.82, 2.24) is 9.78 Å². The summed E-state index contributed by atoms with van der Waals surface area (Å²) in [4.78, 5) is 22.1. The lowest BCUT2D eigenvalue weighted by Gasteiger charge is -2.04. The number of aromatic nitrogens is 2. The van der Waals surface area contributed by atoms with E-state index in [9.17, 15) is 19.3 Å². The fourth-order valence-electron chi connectivity index (χ4n) is 2.27. The fraction of sp³-hybridized carbons (Fsp3) is 0.0588. The number of nitrogens with one attached hydrogen (secondary N) is 1. The van der Waals surface area contributed by atoms with Crippen molar-refractivity contribution in [2.24, 2.45) is 0 Å². The van der Waals surface area contributed by atoms with Crippen molar-refractivity contribution in [2.75, 3.05) is 5.32 Å². The predicted octanol–water partition coefficient (Wildman–Crippen LogP) is 3.23. The lowest BCUT2D eigenvalue weighted by atomic mass is 10.2. The number of hydrogen-bond donors (Lipinski definition) is 1. The van der Waals surface area contributed by atoms with E-state index in [0.717, 1.165) is 17.7 Å². The zero-order valence-corrected chi connectivity index (χ0v) is 12.9. The zero-order valence-electron chi connectivity index (χ0n) is 12.9. The quantitative estimate of drug-likeness (QED) is 0.570. The molecule has 0 radical (unpaired) electrons. The van der Waals surface area contributed by atoms with Gasteiger partial charge in [0.05, 0.1) is 23.2 Å². The van der Waals surface area contributed by atoms with E-state index in [-0.39, 0.29) is 5.69 Å². The largest absolute Gasteiger partial charge is 0.322 e. The molecule has 0 spiro atoms. The van der Waals surface area contributed by atoms with E-state index in [1.807, 2.05) is 30.3 Å². The highest BCUT2D eigenvalue weighted by atomic mass is 19.1. The Morgan fingerprint density at radius 2 is 2.00 bits per heavy atom. The number of amides is 1. The van der Waals surface area contributed by atoms with Crippen molar-refractivity contribution in [2.45, 2.75) is 6.54 Å². The van der Waals surface area contributed by atoms with E-state index >= 15 is 0 Å². The molecule has 0 aliphatic rings. The first-order valence-corrected chi connectivity index (χ1v) is 7.34. The molecule has 0 saturated heterocycles. The number of benzene rings is 2. The highest BCUT2D eigenvalue weighted by molar-refractivity contribution is 6.04. The van der Waals surface area contributed by atoms with Crippen molar-refractivity contribution >= 4 is 17.3 Å². The maximum absolute atomic E-state index is 13.3. The lowest BCUT2D eigenvalue weighted by Crippen LogP contribution is -2.11. The van der Waals surface area contributed by atoms with E-state index in [0.29, 0.717) is 12.1 Å². The molecule has 1 amide bonds. The predicted molar refractivity (Wildman–Crippen MR) is 88.8 cm³/mol. The van der Waals surface area contributed by atoms with Gasteiger partial charge in [0.1, 0.15) is 0 Å². The molecule has 3 rings (SSSR count). The summed E-state index contributed by atoms with van der Waals surface area (Å²) in [6.45, 7) is 0.510. The van der Waals surface area contributed by atoms with Gasteiger partial charge in [0, 0.05) is 18.0 Å². The Bertz CT molecular complexity index is 925. The molecule has 0 aliphatic heterocycles. The molecule has 1 heterocycles. The number of hydrogen-bond acceptors (Lipinski definition) is 4. The summed E-state index contributed by atoms with van der Waals surface area (Å²) in [5, 5.41) is 17.4. The third-order valence-corrected chi connectivity index (χ3v) is 3.48. The maximum atomic E-state index is 13.3. The molecule has 2 aromatic carbocycles. The summed E-state index contributed by atoms with van der Waals surface area (Å²) < 4.78 is 14.9. The molecule has 0 bridgehead atoms. The molecule has 3 aromatic rings. The fourth-order valence-corrected chi connectivity index (χ4v) is 2.27. The second-order valence-corrected chi connectivity index (χ2v) is 5.29. The molecule has 0 fully saturated rings. The normalized spacial score (nSPS) is 10.4. The monoisotopic (exact) mass is 340 g/mol. The topological polar surface area (TPSA) is 90.1 Å². The van der Waals surface area contributed by atoms with Gasteiger partial charge in [-0.2, -0.15) is 9.49 Å². The van der Waals surface area contributed by atoms with Crippen LogP contribution in [0.5, 0.6) is 0 Å². The summed E-state index contributed by atoms with van der Waals surface area (Å²) >= 11 is 0. The van der Waals surface area contributed by atoms with E-state index in [4.69, 9.17) is 0 Å². The molecule has 126 valence electrons. The Morgan fingerprint density at radius 3 is 2.72 bits per heavy atom. The minimum atomic E-state index is -0.960. The minimum Gasteiger partial charge on any atom is -0.322 e. The van der Waals surface area contributed by atoms with Crippen LogP contribution < -0.4 is 5.32 Å². The highest BCUT2D eigenvalue weighted by Crippen LogP contribution is 2.22. The van der Waals surface area contributed by atoms with E-state index < -0.39 is 22.3 Å². The molecule has 1 aromatic heterocycles. The molecule has 8 heteroatoms. The molecule has 1 N–H and O–H groups in total. The van der Waals surface area contributed by atoms with Gasteiger partial charge in [0.15, 0.2) is 0 Å². The van der Waals surface area contributed by atoms with Gasteiger partial charge >= 0.3 is 5.69 Å². The average molecular weight is 340 g/mol. The smallest absolute Gasteiger partial charge is 0.306 e. The summed E-state index contributed by atoms with van der Waals surface area (Å²) in [6.07, 6.45) is 2.97. The van der Waals surface area contributed by atoms with Gasteiger partial charge in [-0.3, -0.25) is 19.6 Å². The van der Waals surface area contributed by atoms with Crippen LogP contribution in [0.1, 0.15) is 15.9 Å². The second-order valence-electron chi connectivity index (χ2n) is 5.29. The number of nitro benzene ring substituents is 1. The van der Waals surface area contributed by atoms with Gasteiger partial charge in [-0.25, -0.2) is 0 Å². The Kier molecular flexibility index (Phi) is 4.51. The maximum Gasteiger partial charge on any atom is 0.306 e. The third kappa shape index (κ3) is 3.86. The number of nitrogens with zero attached hydrogens (tertiary/aromatic N) is 3. The summed E-state index contributed by atoms with van der Waals surface area (Å²) in [5.41, 5.74) is 0.765. The molecule has 0 aliphatic carbocycles. The van der Waals surface area contributed by atoms with Crippen LogP contribution in [0.2, 0.25) is 0 Å². The van der Waals surface area contributed by atoms with Crippen LogP contribution in [-0.2, 0) is 6.54 Å².